The van der Waals surface area contributed by atoms with Crippen molar-refractivity contribution < 1.29 is 9.72 Å². The Hall–Kier alpha value is -2.13. The van der Waals surface area contributed by atoms with Crippen LogP contribution in [-0.4, -0.2) is 16.9 Å². The van der Waals surface area contributed by atoms with Crippen LogP contribution in [0, 0.1) is 21.4 Å². The van der Waals surface area contributed by atoms with Crippen LogP contribution in [0.5, 0.6) is 0 Å². The third-order valence-electron chi connectivity index (χ3n) is 2.45. The van der Waals surface area contributed by atoms with Gasteiger partial charge in [0.1, 0.15) is 11.1 Å². The number of benzene rings is 1. The molecule has 1 aromatic carbocycles. The lowest BCUT2D eigenvalue weighted by Crippen LogP contribution is -2.33. The van der Waals surface area contributed by atoms with Gasteiger partial charge in [-0.1, -0.05) is 24.9 Å². The van der Waals surface area contributed by atoms with Gasteiger partial charge in [-0.2, -0.15) is 5.26 Å². The minimum absolute atomic E-state index is 0.110. The summed E-state index contributed by atoms with van der Waals surface area (Å²) in [6.07, 6.45) is 1.31. The Balaban J connectivity index is 2.87. The zero-order chi connectivity index (χ0) is 14.4. The molecule has 1 aromatic rings. The van der Waals surface area contributed by atoms with Crippen LogP contribution in [0.4, 0.5) is 5.69 Å². The molecule has 0 spiro atoms. The van der Waals surface area contributed by atoms with Crippen molar-refractivity contribution in [1.82, 2.24) is 5.32 Å². The first-order valence-corrected chi connectivity index (χ1v) is 6.01. The summed E-state index contributed by atoms with van der Waals surface area (Å²) in [4.78, 5) is 21.8. The number of nitrogens with one attached hydrogen (secondary N) is 1. The zero-order valence-electron chi connectivity index (χ0n) is 10.2. The first-order valence-electron chi connectivity index (χ1n) is 5.64. The predicted molar refractivity (Wildman–Crippen MR) is 69.9 cm³/mol. The summed E-state index contributed by atoms with van der Waals surface area (Å²) in [5.74, 6) is -0.475. The number of halogens is 1. The Morgan fingerprint density at radius 2 is 2.32 bits per heavy atom. The second-order valence-electron chi connectivity index (χ2n) is 3.87. The van der Waals surface area contributed by atoms with Crippen molar-refractivity contribution in [3.8, 4) is 6.07 Å². The van der Waals surface area contributed by atoms with Crippen molar-refractivity contribution in [3.05, 3.63) is 38.9 Å². The number of hydrogen-bond acceptors (Lipinski definition) is 4. The van der Waals surface area contributed by atoms with Gasteiger partial charge in [0.25, 0.3) is 11.6 Å². The van der Waals surface area contributed by atoms with Gasteiger partial charge >= 0.3 is 0 Å². The highest BCUT2D eigenvalue weighted by Gasteiger charge is 2.17. The van der Waals surface area contributed by atoms with Gasteiger partial charge in [-0.3, -0.25) is 14.9 Å². The Morgan fingerprint density at radius 3 is 2.79 bits per heavy atom. The van der Waals surface area contributed by atoms with Gasteiger partial charge < -0.3 is 5.32 Å². The fourth-order valence-electron chi connectivity index (χ4n) is 1.50. The predicted octanol–water partition coefficient (Wildman–Crippen LogP) is 2.67. The number of carbonyl (C=O) groups is 1. The maximum absolute atomic E-state index is 11.8. The number of carbonyl (C=O) groups excluding carboxylic acids is 1. The molecule has 0 aliphatic heterocycles. The average Bonchev–Trinajstić information content (AvgIpc) is 2.37. The van der Waals surface area contributed by atoms with Crippen LogP contribution in [0.3, 0.4) is 0 Å². The highest BCUT2D eigenvalue weighted by molar-refractivity contribution is 6.33. The number of nitro benzene ring substituents is 1. The summed E-state index contributed by atoms with van der Waals surface area (Å²) in [5, 5.41) is 21.9. The van der Waals surface area contributed by atoms with Crippen molar-refractivity contribution in [1.29, 1.82) is 5.26 Å². The Kier molecular flexibility index (Phi) is 5.27. The van der Waals surface area contributed by atoms with Gasteiger partial charge in [0.15, 0.2) is 0 Å². The topological polar surface area (TPSA) is 96.0 Å². The first-order chi connectivity index (χ1) is 8.99. The molecule has 0 aliphatic carbocycles. The van der Waals surface area contributed by atoms with Crippen LogP contribution in [0.2, 0.25) is 5.02 Å². The molecule has 0 saturated carbocycles. The third-order valence-corrected chi connectivity index (χ3v) is 2.75. The molecule has 19 heavy (non-hydrogen) atoms. The lowest BCUT2D eigenvalue weighted by Gasteiger charge is -2.10. The Morgan fingerprint density at radius 1 is 1.63 bits per heavy atom. The van der Waals surface area contributed by atoms with Crippen LogP contribution >= 0.6 is 11.6 Å². The molecule has 1 atom stereocenters. The molecule has 0 bridgehead atoms. The van der Waals surface area contributed by atoms with Crippen LogP contribution in [0.25, 0.3) is 0 Å². The van der Waals surface area contributed by atoms with Crippen LogP contribution in [0.1, 0.15) is 30.1 Å². The number of amides is 1. The molecule has 0 aromatic heterocycles. The zero-order valence-corrected chi connectivity index (χ0v) is 11.0. The van der Waals surface area contributed by atoms with Gasteiger partial charge in [-0.05, 0) is 18.6 Å². The number of nitro groups is 1. The summed E-state index contributed by atoms with van der Waals surface area (Å²) < 4.78 is 0. The Bertz CT molecular complexity index is 540. The van der Waals surface area contributed by atoms with Gasteiger partial charge in [0.2, 0.25) is 0 Å². The van der Waals surface area contributed by atoms with E-state index in [1.807, 2.05) is 13.0 Å². The molecule has 1 N–H and O–H groups in total. The summed E-state index contributed by atoms with van der Waals surface area (Å²) in [7, 11) is 0. The average molecular weight is 282 g/mol. The number of hydrogen-bond donors (Lipinski definition) is 1. The van der Waals surface area contributed by atoms with E-state index >= 15 is 0 Å². The van der Waals surface area contributed by atoms with Gasteiger partial charge in [-0.15, -0.1) is 0 Å². The molecule has 100 valence electrons. The van der Waals surface area contributed by atoms with Crippen LogP contribution < -0.4 is 5.32 Å². The molecule has 0 fully saturated rings. The molecule has 1 amide bonds. The molecule has 6 nitrogen and oxygen atoms in total. The second-order valence-corrected chi connectivity index (χ2v) is 4.27. The SMILES string of the molecule is CCCC(C#N)NC(=O)c1ccc([N+](=O)[O-])c(Cl)c1. The molecule has 0 aliphatic rings. The van der Waals surface area contributed by atoms with Gasteiger partial charge in [0, 0.05) is 11.6 Å². The smallest absolute Gasteiger partial charge is 0.287 e. The van der Waals surface area contributed by atoms with E-state index in [1.54, 1.807) is 0 Å². The minimum atomic E-state index is -0.626. The van der Waals surface area contributed by atoms with E-state index in [2.05, 4.69) is 5.32 Å². The van der Waals surface area contributed by atoms with Crippen molar-refractivity contribution in [2.45, 2.75) is 25.8 Å². The molecule has 0 saturated heterocycles. The molecule has 7 heteroatoms. The number of nitrogens with zero attached hydrogens (tertiary/aromatic N) is 2. The standard InChI is InChI=1S/C12H12ClN3O3/c1-2-3-9(7-14)15-12(17)8-4-5-11(16(18)19)10(13)6-8/h4-6,9H,2-3H2,1H3,(H,15,17). The monoisotopic (exact) mass is 281 g/mol. The molecule has 1 unspecified atom stereocenters. The maximum Gasteiger partial charge on any atom is 0.287 e. The molecular weight excluding hydrogens is 270 g/mol. The lowest BCUT2D eigenvalue weighted by atomic mass is 10.1. The highest BCUT2D eigenvalue weighted by Crippen LogP contribution is 2.24. The van der Waals surface area contributed by atoms with E-state index in [-0.39, 0.29) is 16.3 Å². The minimum Gasteiger partial charge on any atom is -0.336 e. The second kappa shape index (κ2) is 6.71. The van der Waals surface area contributed by atoms with Crippen molar-refractivity contribution in [3.63, 3.8) is 0 Å². The van der Waals surface area contributed by atoms with E-state index in [0.717, 1.165) is 6.42 Å². The van der Waals surface area contributed by atoms with Crippen LogP contribution in [0.15, 0.2) is 18.2 Å². The molecule has 0 radical (unpaired) electrons. The summed E-state index contributed by atoms with van der Waals surface area (Å²) >= 11 is 5.71. The molecular formula is C12H12ClN3O3. The van der Waals surface area contributed by atoms with E-state index in [0.29, 0.717) is 6.42 Å². The van der Waals surface area contributed by atoms with E-state index in [1.165, 1.54) is 18.2 Å². The summed E-state index contributed by atoms with van der Waals surface area (Å²) in [6.45, 7) is 1.90. The summed E-state index contributed by atoms with van der Waals surface area (Å²) in [5.41, 5.74) is -0.0736. The molecule has 0 heterocycles. The Labute approximate surface area is 115 Å². The van der Waals surface area contributed by atoms with Crippen molar-refractivity contribution in [2.24, 2.45) is 0 Å². The fourth-order valence-corrected chi connectivity index (χ4v) is 1.74. The van der Waals surface area contributed by atoms with E-state index < -0.39 is 16.9 Å². The number of nitriles is 1. The lowest BCUT2D eigenvalue weighted by molar-refractivity contribution is -0.384. The largest absolute Gasteiger partial charge is 0.336 e. The number of rotatable bonds is 5. The van der Waals surface area contributed by atoms with E-state index in [4.69, 9.17) is 16.9 Å². The first kappa shape index (κ1) is 14.9. The normalized spacial score (nSPS) is 11.4. The molecule has 1 rings (SSSR count). The fraction of sp³-hybridized carbons (Fsp3) is 0.333. The van der Waals surface area contributed by atoms with Crippen LogP contribution in [-0.2, 0) is 0 Å². The van der Waals surface area contributed by atoms with Crippen molar-refractivity contribution in [2.75, 3.05) is 0 Å². The van der Waals surface area contributed by atoms with Gasteiger partial charge in [0.05, 0.1) is 11.0 Å². The quantitative estimate of drug-likeness (QED) is 0.663. The maximum atomic E-state index is 11.8. The highest BCUT2D eigenvalue weighted by atomic mass is 35.5. The third kappa shape index (κ3) is 3.93. The van der Waals surface area contributed by atoms with Crippen molar-refractivity contribution >= 4 is 23.2 Å². The summed E-state index contributed by atoms with van der Waals surface area (Å²) in [6, 6.07) is 5.09. The van der Waals surface area contributed by atoms with Gasteiger partial charge in [-0.25, -0.2) is 0 Å². The van der Waals surface area contributed by atoms with E-state index in [9.17, 15) is 14.9 Å².